The van der Waals surface area contributed by atoms with Gasteiger partial charge in [0, 0.05) is 28.8 Å². The van der Waals surface area contributed by atoms with E-state index in [4.69, 9.17) is 4.74 Å². The van der Waals surface area contributed by atoms with Gasteiger partial charge in [0.1, 0.15) is 5.60 Å². The van der Waals surface area contributed by atoms with E-state index in [-0.39, 0.29) is 0 Å². The minimum Gasteiger partial charge on any atom is -0.444 e. The number of amides is 1. The van der Waals surface area contributed by atoms with Crippen molar-refractivity contribution >= 4 is 23.5 Å². The topological polar surface area (TPSA) is 50.4 Å². The van der Waals surface area contributed by atoms with Crippen molar-refractivity contribution in [3.05, 3.63) is 29.8 Å². The summed E-state index contributed by atoms with van der Waals surface area (Å²) < 4.78 is 5.25. The van der Waals surface area contributed by atoms with Crippen molar-refractivity contribution in [2.45, 2.75) is 64.0 Å². The Morgan fingerprint density at radius 3 is 2.48 bits per heavy atom. The Labute approximate surface area is 143 Å². The van der Waals surface area contributed by atoms with Crippen LogP contribution in [-0.2, 0) is 4.74 Å². The summed E-state index contributed by atoms with van der Waals surface area (Å²) in [5.41, 5.74) is 1.49. The third kappa shape index (κ3) is 6.07. The Kier molecular flexibility index (Phi) is 5.98. The monoisotopic (exact) mass is 336 g/mol. The summed E-state index contributed by atoms with van der Waals surface area (Å²) in [6, 6.07) is 8.84. The van der Waals surface area contributed by atoms with Crippen LogP contribution in [0, 0.1) is 0 Å². The SMILES string of the molecule is CC1CC(NC(C)c2ccc(NC(=O)OC(C)(C)C)cc2)CS1. The molecule has 3 unspecified atom stereocenters. The van der Waals surface area contributed by atoms with Crippen LogP contribution in [-0.4, -0.2) is 28.7 Å². The molecule has 0 spiro atoms. The van der Waals surface area contributed by atoms with Gasteiger partial charge in [-0.2, -0.15) is 11.8 Å². The highest BCUT2D eigenvalue weighted by molar-refractivity contribution is 8.00. The van der Waals surface area contributed by atoms with Crippen LogP contribution in [0.3, 0.4) is 0 Å². The standard InChI is InChI=1S/C18H28N2O2S/c1-12-10-16(11-23-12)19-13(2)14-6-8-15(9-7-14)20-17(21)22-18(3,4)5/h6-9,12-13,16,19H,10-11H2,1-5H3,(H,20,21). The first kappa shape index (κ1) is 18.1. The number of anilines is 1. The van der Waals surface area contributed by atoms with Gasteiger partial charge in [-0.1, -0.05) is 19.1 Å². The minimum atomic E-state index is -0.487. The lowest BCUT2D eigenvalue weighted by Gasteiger charge is -2.21. The van der Waals surface area contributed by atoms with Gasteiger partial charge in [0.05, 0.1) is 0 Å². The smallest absolute Gasteiger partial charge is 0.412 e. The maximum Gasteiger partial charge on any atom is 0.412 e. The first-order valence-corrected chi connectivity index (χ1v) is 9.25. The fourth-order valence-corrected chi connectivity index (χ4v) is 3.82. The van der Waals surface area contributed by atoms with Crippen LogP contribution < -0.4 is 10.6 Å². The summed E-state index contributed by atoms with van der Waals surface area (Å²) in [7, 11) is 0. The highest BCUT2D eigenvalue weighted by atomic mass is 32.2. The number of hydrogen-bond donors (Lipinski definition) is 2. The molecule has 1 aromatic carbocycles. The van der Waals surface area contributed by atoms with Gasteiger partial charge in [-0.15, -0.1) is 0 Å². The van der Waals surface area contributed by atoms with Gasteiger partial charge in [0.2, 0.25) is 0 Å². The second-order valence-electron chi connectivity index (χ2n) is 7.21. The second kappa shape index (κ2) is 7.58. The van der Waals surface area contributed by atoms with E-state index in [0.29, 0.717) is 12.1 Å². The fourth-order valence-electron chi connectivity index (χ4n) is 2.66. The average molecular weight is 337 g/mol. The highest BCUT2D eigenvalue weighted by Crippen LogP contribution is 2.28. The van der Waals surface area contributed by atoms with E-state index < -0.39 is 11.7 Å². The Morgan fingerprint density at radius 1 is 1.30 bits per heavy atom. The molecule has 1 aromatic rings. The lowest BCUT2D eigenvalue weighted by atomic mass is 10.1. The first-order chi connectivity index (χ1) is 10.7. The number of benzene rings is 1. The zero-order valence-corrected chi connectivity index (χ0v) is 15.5. The summed E-state index contributed by atoms with van der Waals surface area (Å²) in [5, 5.41) is 7.19. The van der Waals surface area contributed by atoms with Gasteiger partial charge in [-0.25, -0.2) is 4.79 Å². The Hall–Kier alpha value is -1.20. The molecule has 128 valence electrons. The zero-order chi connectivity index (χ0) is 17.0. The van der Waals surface area contributed by atoms with Crippen molar-refractivity contribution in [1.82, 2.24) is 5.32 Å². The molecule has 0 aliphatic carbocycles. The Morgan fingerprint density at radius 2 is 1.96 bits per heavy atom. The summed E-state index contributed by atoms with van der Waals surface area (Å²) in [6.45, 7) is 10.0. The molecule has 2 rings (SSSR count). The number of thioether (sulfide) groups is 1. The lowest BCUT2D eigenvalue weighted by Crippen LogP contribution is -2.31. The molecule has 0 bridgehead atoms. The van der Waals surface area contributed by atoms with Gasteiger partial charge < -0.3 is 10.1 Å². The van der Waals surface area contributed by atoms with Crippen molar-refractivity contribution in [3.8, 4) is 0 Å². The number of ether oxygens (including phenoxy) is 1. The Balaban J connectivity index is 1.87. The number of carbonyl (C=O) groups is 1. The van der Waals surface area contributed by atoms with E-state index in [9.17, 15) is 4.79 Å². The quantitative estimate of drug-likeness (QED) is 0.845. The molecule has 5 heteroatoms. The van der Waals surface area contributed by atoms with Crippen LogP contribution in [0.5, 0.6) is 0 Å². The summed E-state index contributed by atoms with van der Waals surface area (Å²) in [5.74, 6) is 1.18. The van der Waals surface area contributed by atoms with Crippen molar-refractivity contribution in [2.24, 2.45) is 0 Å². The van der Waals surface area contributed by atoms with Gasteiger partial charge in [-0.3, -0.25) is 5.32 Å². The van der Waals surface area contributed by atoms with E-state index in [1.807, 2.05) is 44.7 Å². The first-order valence-electron chi connectivity index (χ1n) is 8.20. The van der Waals surface area contributed by atoms with Crippen LogP contribution in [0.1, 0.15) is 52.6 Å². The molecular formula is C18H28N2O2S. The van der Waals surface area contributed by atoms with Gasteiger partial charge >= 0.3 is 6.09 Å². The van der Waals surface area contributed by atoms with Gasteiger partial charge in [0.25, 0.3) is 0 Å². The molecule has 0 aromatic heterocycles. The molecule has 1 saturated heterocycles. The molecule has 1 aliphatic heterocycles. The third-order valence-corrected chi connectivity index (χ3v) is 5.10. The minimum absolute atomic E-state index is 0.307. The molecule has 4 nitrogen and oxygen atoms in total. The van der Waals surface area contributed by atoms with E-state index in [1.165, 1.54) is 17.7 Å². The molecular weight excluding hydrogens is 308 g/mol. The van der Waals surface area contributed by atoms with Crippen LogP contribution in [0.25, 0.3) is 0 Å². The van der Waals surface area contributed by atoms with Gasteiger partial charge in [0.15, 0.2) is 0 Å². The normalized spacial score (nSPS) is 22.7. The van der Waals surface area contributed by atoms with Crippen LogP contribution in [0.4, 0.5) is 10.5 Å². The molecule has 0 radical (unpaired) electrons. The van der Waals surface area contributed by atoms with Crippen LogP contribution in [0.2, 0.25) is 0 Å². The molecule has 1 amide bonds. The number of carbonyl (C=O) groups excluding carboxylic acids is 1. The third-order valence-electron chi connectivity index (χ3n) is 3.74. The van der Waals surface area contributed by atoms with Crippen LogP contribution in [0.15, 0.2) is 24.3 Å². The van der Waals surface area contributed by atoms with Gasteiger partial charge in [-0.05, 0) is 51.8 Å². The molecule has 23 heavy (non-hydrogen) atoms. The zero-order valence-electron chi connectivity index (χ0n) is 14.7. The maximum atomic E-state index is 11.8. The molecule has 2 N–H and O–H groups in total. The van der Waals surface area contributed by atoms with E-state index in [0.717, 1.165) is 10.9 Å². The van der Waals surface area contributed by atoms with Crippen molar-refractivity contribution in [3.63, 3.8) is 0 Å². The summed E-state index contributed by atoms with van der Waals surface area (Å²) in [4.78, 5) is 11.8. The van der Waals surface area contributed by atoms with Crippen molar-refractivity contribution in [2.75, 3.05) is 11.1 Å². The summed E-state index contributed by atoms with van der Waals surface area (Å²) >= 11 is 2.03. The molecule has 3 atom stereocenters. The summed E-state index contributed by atoms with van der Waals surface area (Å²) in [6.07, 6.45) is 0.807. The number of rotatable bonds is 4. The van der Waals surface area contributed by atoms with E-state index in [1.54, 1.807) is 0 Å². The fraction of sp³-hybridized carbons (Fsp3) is 0.611. The molecule has 0 saturated carbocycles. The number of nitrogens with one attached hydrogen (secondary N) is 2. The second-order valence-corrected chi connectivity index (χ2v) is 8.69. The molecule has 1 aliphatic rings. The number of hydrogen-bond acceptors (Lipinski definition) is 4. The predicted molar refractivity (Wildman–Crippen MR) is 98.2 cm³/mol. The van der Waals surface area contributed by atoms with E-state index in [2.05, 4.69) is 36.6 Å². The predicted octanol–water partition coefficient (Wildman–Crippen LogP) is 4.58. The van der Waals surface area contributed by atoms with Crippen molar-refractivity contribution in [1.29, 1.82) is 0 Å². The highest BCUT2D eigenvalue weighted by Gasteiger charge is 2.23. The van der Waals surface area contributed by atoms with E-state index >= 15 is 0 Å². The molecule has 1 fully saturated rings. The largest absolute Gasteiger partial charge is 0.444 e. The van der Waals surface area contributed by atoms with Crippen LogP contribution >= 0.6 is 11.8 Å². The Bertz CT molecular complexity index is 525. The maximum absolute atomic E-state index is 11.8. The lowest BCUT2D eigenvalue weighted by molar-refractivity contribution is 0.0636. The average Bonchev–Trinajstić information content (AvgIpc) is 2.82. The van der Waals surface area contributed by atoms with Crippen molar-refractivity contribution < 1.29 is 9.53 Å². The molecule has 1 heterocycles.